The number of halogens is 4. The van der Waals surface area contributed by atoms with Crippen LogP contribution in [0.4, 0.5) is 0 Å². The molecular weight excluding hydrogens is 330 g/mol. The maximum atomic E-state index is 5.99. The lowest BCUT2D eigenvalue weighted by Gasteiger charge is -2.13. The number of rotatable bonds is 0. The van der Waals surface area contributed by atoms with E-state index < -0.39 is 0 Å². The molecule has 2 nitrogen and oxygen atoms in total. The molecule has 0 aromatic heterocycles. The predicted molar refractivity (Wildman–Crippen MR) is 79.3 cm³/mol. The smallest absolute Gasteiger partial charge is 0.170 e. The fourth-order valence-corrected chi connectivity index (χ4v) is 2.01. The van der Waals surface area contributed by atoms with Gasteiger partial charge >= 0.3 is 0 Å². The lowest BCUT2D eigenvalue weighted by molar-refractivity contribution is 0.387. The lowest BCUT2D eigenvalue weighted by Crippen LogP contribution is -1.96. The normalized spacial score (nSPS) is 15.3. The highest BCUT2D eigenvalue weighted by Gasteiger charge is 2.12. The Hall–Kier alpha value is -0.800. The summed E-state index contributed by atoms with van der Waals surface area (Å²) in [5.74, 6) is 1.41. The molecule has 0 spiro atoms. The van der Waals surface area contributed by atoms with E-state index in [9.17, 15) is 0 Å². The third-order valence-corrected chi connectivity index (χ3v) is 3.69. The summed E-state index contributed by atoms with van der Waals surface area (Å²) in [6, 6.07) is 3.14. The van der Waals surface area contributed by atoms with E-state index in [1.807, 2.05) is 0 Å². The van der Waals surface area contributed by atoms with Gasteiger partial charge in [-0.05, 0) is 19.1 Å². The van der Waals surface area contributed by atoms with Crippen molar-refractivity contribution < 1.29 is 9.47 Å². The zero-order valence-corrected chi connectivity index (χ0v) is 12.7. The summed E-state index contributed by atoms with van der Waals surface area (Å²) in [5.41, 5.74) is 0. The molecule has 19 heavy (non-hydrogen) atoms. The van der Waals surface area contributed by atoms with Crippen LogP contribution in [0.5, 0.6) is 11.5 Å². The first kappa shape index (κ1) is 14.6. The molecular formula is C13H8Cl4O2. The van der Waals surface area contributed by atoms with Crippen molar-refractivity contribution in [1.82, 2.24) is 0 Å². The maximum absolute atomic E-state index is 5.99. The molecule has 1 aliphatic rings. The molecule has 1 aliphatic heterocycles. The van der Waals surface area contributed by atoms with Gasteiger partial charge < -0.3 is 9.47 Å². The molecule has 0 amide bonds. The number of allylic oxidation sites excluding steroid dienone is 5. The minimum Gasteiger partial charge on any atom is -0.461 e. The Morgan fingerprint density at radius 2 is 1.53 bits per heavy atom. The molecule has 0 saturated carbocycles. The van der Waals surface area contributed by atoms with E-state index >= 15 is 0 Å². The van der Waals surface area contributed by atoms with Crippen molar-refractivity contribution in [2.75, 3.05) is 0 Å². The first-order valence-electron chi connectivity index (χ1n) is 5.21. The molecule has 0 radical (unpaired) electrons. The van der Waals surface area contributed by atoms with Crippen molar-refractivity contribution in [2.45, 2.75) is 6.92 Å². The topological polar surface area (TPSA) is 18.5 Å². The van der Waals surface area contributed by atoms with Crippen molar-refractivity contribution in [2.24, 2.45) is 0 Å². The highest BCUT2D eigenvalue weighted by atomic mass is 35.5. The van der Waals surface area contributed by atoms with Crippen LogP contribution in [0.1, 0.15) is 6.92 Å². The van der Waals surface area contributed by atoms with Crippen LogP contribution < -0.4 is 9.47 Å². The Bertz CT molecular complexity index is 603. The Morgan fingerprint density at radius 3 is 2.21 bits per heavy atom. The van der Waals surface area contributed by atoms with Gasteiger partial charge in [-0.3, -0.25) is 0 Å². The van der Waals surface area contributed by atoms with Crippen LogP contribution in [0.2, 0.25) is 10.0 Å². The standard InChI is InChI=1S/C13H8Cl4O2/c1-7-4-9(15)8(14)2-3-18-12-5-10(16)11(17)6-13(12)19-7/h2-6H,1H3. The summed E-state index contributed by atoms with van der Waals surface area (Å²) in [7, 11) is 0. The molecule has 1 heterocycles. The molecule has 0 aliphatic carbocycles. The van der Waals surface area contributed by atoms with Crippen LogP contribution in [-0.2, 0) is 0 Å². The molecule has 1 aromatic carbocycles. The SMILES string of the molecule is CC1=CC(Cl)=C(Cl)C=COc2cc(Cl)c(Cl)cc2O1. The molecule has 0 atom stereocenters. The first-order chi connectivity index (χ1) is 8.97. The van der Waals surface area contributed by atoms with Gasteiger partial charge in [0.2, 0.25) is 0 Å². The van der Waals surface area contributed by atoms with Gasteiger partial charge in [-0.25, -0.2) is 0 Å². The van der Waals surface area contributed by atoms with E-state index in [1.54, 1.807) is 25.1 Å². The second kappa shape index (κ2) is 6.10. The maximum Gasteiger partial charge on any atom is 0.170 e. The number of benzene rings is 1. The molecule has 0 bridgehead atoms. The monoisotopic (exact) mass is 336 g/mol. The summed E-state index contributed by atoms with van der Waals surface area (Å²) in [6.07, 6.45) is 4.53. The second-order valence-corrected chi connectivity index (χ2v) is 5.32. The number of fused-ring (bicyclic) bond motifs is 1. The quantitative estimate of drug-likeness (QED) is 0.589. The third kappa shape index (κ3) is 3.61. The van der Waals surface area contributed by atoms with Crippen LogP contribution in [0.25, 0.3) is 0 Å². The molecule has 0 fully saturated rings. The Labute approximate surface area is 130 Å². The molecule has 0 saturated heterocycles. The Kier molecular flexibility index (Phi) is 4.69. The molecule has 1 aromatic rings. The van der Waals surface area contributed by atoms with Crippen LogP contribution >= 0.6 is 46.4 Å². The van der Waals surface area contributed by atoms with E-state index in [0.29, 0.717) is 37.4 Å². The van der Waals surface area contributed by atoms with Crippen LogP contribution in [0.15, 0.2) is 46.4 Å². The van der Waals surface area contributed by atoms with Gasteiger partial charge in [0.1, 0.15) is 5.76 Å². The summed E-state index contributed by atoms with van der Waals surface area (Å²) in [6.45, 7) is 1.74. The van der Waals surface area contributed by atoms with E-state index in [1.165, 1.54) is 12.3 Å². The van der Waals surface area contributed by atoms with Gasteiger partial charge in [-0.2, -0.15) is 0 Å². The van der Waals surface area contributed by atoms with Gasteiger partial charge in [0.05, 0.1) is 26.4 Å². The minimum atomic E-state index is 0.341. The fourth-order valence-electron chi connectivity index (χ4n) is 1.38. The van der Waals surface area contributed by atoms with Gasteiger partial charge in [0, 0.05) is 12.1 Å². The average molecular weight is 338 g/mol. The average Bonchev–Trinajstić information content (AvgIpc) is 2.33. The van der Waals surface area contributed by atoms with Crippen LogP contribution in [0.3, 0.4) is 0 Å². The van der Waals surface area contributed by atoms with E-state index in [0.717, 1.165) is 0 Å². The van der Waals surface area contributed by atoms with E-state index in [2.05, 4.69) is 0 Å². The minimum absolute atomic E-state index is 0.341. The van der Waals surface area contributed by atoms with E-state index in [4.69, 9.17) is 55.9 Å². The zero-order chi connectivity index (χ0) is 14.0. The predicted octanol–water partition coefficient (Wildman–Crippen LogP) is 5.87. The van der Waals surface area contributed by atoms with Gasteiger partial charge in [-0.1, -0.05) is 46.4 Å². The molecule has 2 rings (SSSR count). The third-order valence-electron chi connectivity index (χ3n) is 2.23. The van der Waals surface area contributed by atoms with E-state index in [-0.39, 0.29) is 0 Å². The van der Waals surface area contributed by atoms with Crippen molar-refractivity contribution in [3.63, 3.8) is 0 Å². The second-order valence-electron chi connectivity index (χ2n) is 3.69. The highest BCUT2D eigenvalue weighted by Crippen LogP contribution is 2.37. The number of hydrogen-bond donors (Lipinski definition) is 0. The van der Waals surface area contributed by atoms with Crippen molar-refractivity contribution in [3.05, 3.63) is 56.4 Å². The molecule has 100 valence electrons. The van der Waals surface area contributed by atoms with Crippen LogP contribution in [0, 0.1) is 0 Å². The number of ether oxygens (including phenoxy) is 2. The van der Waals surface area contributed by atoms with Gasteiger partial charge in [0.15, 0.2) is 11.5 Å². The van der Waals surface area contributed by atoms with Crippen LogP contribution in [-0.4, -0.2) is 0 Å². The largest absolute Gasteiger partial charge is 0.461 e. The lowest BCUT2D eigenvalue weighted by atomic mass is 10.3. The van der Waals surface area contributed by atoms with Gasteiger partial charge in [-0.15, -0.1) is 0 Å². The summed E-state index contributed by atoms with van der Waals surface area (Å²) in [4.78, 5) is 0. The van der Waals surface area contributed by atoms with Crippen molar-refractivity contribution in [1.29, 1.82) is 0 Å². The van der Waals surface area contributed by atoms with Gasteiger partial charge in [0.25, 0.3) is 0 Å². The first-order valence-corrected chi connectivity index (χ1v) is 6.72. The van der Waals surface area contributed by atoms with Crippen molar-refractivity contribution >= 4 is 46.4 Å². The number of hydrogen-bond acceptors (Lipinski definition) is 2. The highest BCUT2D eigenvalue weighted by molar-refractivity contribution is 6.42. The summed E-state index contributed by atoms with van der Waals surface area (Å²) < 4.78 is 11.0. The molecule has 0 N–H and O–H groups in total. The molecule has 0 unspecified atom stereocenters. The fraction of sp³-hybridized carbons (Fsp3) is 0.0769. The Morgan fingerprint density at radius 1 is 0.895 bits per heavy atom. The molecule has 6 heteroatoms. The zero-order valence-electron chi connectivity index (χ0n) is 9.72. The Balaban J connectivity index is 2.51. The summed E-state index contributed by atoms with van der Waals surface area (Å²) in [5, 5.41) is 1.43. The summed E-state index contributed by atoms with van der Waals surface area (Å²) >= 11 is 23.8. The van der Waals surface area contributed by atoms with Crippen molar-refractivity contribution in [3.8, 4) is 11.5 Å².